The van der Waals surface area contributed by atoms with Crippen LogP contribution in [0, 0.1) is 0 Å². The number of benzene rings is 1. The molecule has 0 spiro atoms. The molecule has 3 heteroatoms. The normalized spacial score (nSPS) is 11.5. The summed E-state index contributed by atoms with van der Waals surface area (Å²) in [5.74, 6) is -0.168. The third kappa shape index (κ3) is 4.64. The minimum atomic E-state index is -0.258. The van der Waals surface area contributed by atoms with Crippen LogP contribution in [0.4, 0.5) is 0 Å². The molecule has 0 heterocycles. The molecular weight excluding hydrogens is 214 g/mol. The average molecular weight is 231 g/mol. The lowest BCUT2D eigenvalue weighted by Crippen LogP contribution is -2.39. The Labute approximate surface area is 102 Å². The summed E-state index contributed by atoms with van der Waals surface area (Å²) in [6.07, 6.45) is 3.86. The van der Waals surface area contributed by atoms with Crippen LogP contribution in [0.25, 0.3) is 6.08 Å². The van der Waals surface area contributed by atoms with E-state index in [-0.39, 0.29) is 11.4 Å². The van der Waals surface area contributed by atoms with Gasteiger partial charge in [-0.15, -0.1) is 0 Å². The van der Waals surface area contributed by atoms with Gasteiger partial charge in [-0.3, -0.25) is 9.59 Å². The predicted molar refractivity (Wildman–Crippen MR) is 68.8 cm³/mol. The van der Waals surface area contributed by atoms with Crippen LogP contribution in [0.2, 0.25) is 0 Å². The molecule has 1 N–H and O–H groups in total. The maximum absolute atomic E-state index is 11.5. The molecule has 17 heavy (non-hydrogen) atoms. The van der Waals surface area contributed by atoms with Gasteiger partial charge in [0.25, 0.3) is 0 Å². The molecule has 1 amide bonds. The van der Waals surface area contributed by atoms with E-state index in [0.717, 1.165) is 11.8 Å². The first kappa shape index (κ1) is 13.2. The van der Waals surface area contributed by atoms with Crippen molar-refractivity contribution >= 4 is 18.3 Å². The van der Waals surface area contributed by atoms with E-state index in [1.807, 2.05) is 26.8 Å². The van der Waals surface area contributed by atoms with Crippen LogP contribution >= 0.6 is 0 Å². The zero-order valence-corrected chi connectivity index (χ0v) is 10.4. The molecule has 0 saturated carbocycles. The molecule has 0 radical (unpaired) electrons. The van der Waals surface area contributed by atoms with Crippen molar-refractivity contribution in [3.05, 3.63) is 41.5 Å². The Kier molecular flexibility index (Phi) is 4.21. The second-order valence-electron chi connectivity index (χ2n) is 4.82. The highest BCUT2D eigenvalue weighted by atomic mass is 16.1. The average Bonchev–Trinajstić information content (AvgIpc) is 2.24. The van der Waals surface area contributed by atoms with E-state index >= 15 is 0 Å². The minimum absolute atomic E-state index is 0.168. The second-order valence-corrected chi connectivity index (χ2v) is 4.82. The fourth-order valence-corrected chi connectivity index (χ4v) is 1.35. The number of amides is 1. The summed E-state index contributed by atoms with van der Waals surface area (Å²) >= 11 is 0. The van der Waals surface area contributed by atoms with Crippen LogP contribution in [-0.4, -0.2) is 17.7 Å². The van der Waals surface area contributed by atoms with Crippen molar-refractivity contribution in [3.8, 4) is 0 Å². The van der Waals surface area contributed by atoms with Gasteiger partial charge in [0.2, 0.25) is 5.91 Å². The summed E-state index contributed by atoms with van der Waals surface area (Å²) in [4.78, 5) is 22.3. The van der Waals surface area contributed by atoms with Gasteiger partial charge in [0.15, 0.2) is 6.29 Å². The lowest BCUT2D eigenvalue weighted by atomic mass is 10.1. The van der Waals surface area contributed by atoms with E-state index in [9.17, 15) is 9.59 Å². The lowest BCUT2D eigenvalue weighted by Gasteiger charge is -2.18. The molecule has 0 aliphatic rings. The number of carbonyl (C=O) groups is 2. The van der Waals surface area contributed by atoms with Crippen LogP contribution in [0.5, 0.6) is 0 Å². The van der Waals surface area contributed by atoms with Crippen molar-refractivity contribution in [1.82, 2.24) is 5.32 Å². The Bertz CT molecular complexity index is 442. The van der Waals surface area contributed by atoms with Crippen LogP contribution in [0.15, 0.2) is 30.3 Å². The Morgan fingerprint density at radius 2 is 1.76 bits per heavy atom. The van der Waals surface area contributed by atoms with Gasteiger partial charge in [-0.1, -0.05) is 24.3 Å². The standard InChI is InChI=1S/C14H17NO2/c1-14(2,3)15-13(17)9-8-11-6-4-5-7-12(11)10-16/h4-10H,1-3H3,(H,15,17)/b9-8+. The molecule has 0 aliphatic heterocycles. The third-order valence-electron chi connectivity index (χ3n) is 2.04. The Morgan fingerprint density at radius 1 is 1.18 bits per heavy atom. The summed E-state index contributed by atoms with van der Waals surface area (Å²) in [7, 11) is 0. The summed E-state index contributed by atoms with van der Waals surface area (Å²) in [5.41, 5.74) is 1.06. The molecular formula is C14H17NO2. The smallest absolute Gasteiger partial charge is 0.244 e. The summed E-state index contributed by atoms with van der Waals surface area (Å²) in [5, 5.41) is 2.81. The molecule has 90 valence electrons. The summed E-state index contributed by atoms with van der Waals surface area (Å²) < 4.78 is 0. The van der Waals surface area contributed by atoms with E-state index in [1.54, 1.807) is 24.3 Å². The minimum Gasteiger partial charge on any atom is -0.348 e. The number of rotatable bonds is 3. The highest BCUT2D eigenvalue weighted by Crippen LogP contribution is 2.08. The number of hydrogen-bond acceptors (Lipinski definition) is 2. The quantitative estimate of drug-likeness (QED) is 0.641. The van der Waals surface area contributed by atoms with Gasteiger partial charge in [0, 0.05) is 17.2 Å². The highest BCUT2D eigenvalue weighted by Gasteiger charge is 2.11. The number of nitrogens with one attached hydrogen (secondary N) is 1. The van der Waals surface area contributed by atoms with E-state index in [2.05, 4.69) is 5.32 Å². The molecule has 0 saturated heterocycles. The lowest BCUT2D eigenvalue weighted by molar-refractivity contribution is -0.117. The topological polar surface area (TPSA) is 46.2 Å². The first-order chi connectivity index (χ1) is 7.92. The van der Waals surface area contributed by atoms with Gasteiger partial charge in [0.1, 0.15) is 0 Å². The Morgan fingerprint density at radius 3 is 2.29 bits per heavy atom. The summed E-state index contributed by atoms with van der Waals surface area (Å²) in [6.45, 7) is 5.74. The summed E-state index contributed by atoms with van der Waals surface area (Å²) in [6, 6.07) is 7.13. The Balaban J connectivity index is 2.77. The SMILES string of the molecule is CC(C)(C)NC(=O)/C=C/c1ccccc1C=O. The van der Waals surface area contributed by atoms with Crippen LogP contribution in [0.3, 0.4) is 0 Å². The third-order valence-corrected chi connectivity index (χ3v) is 2.04. The van der Waals surface area contributed by atoms with Crippen molar-refractivity contribution in [2.24, 2.45) is 0 Å². The molecule has 0 aliphatic carbocycles. The van der Waals surface area contributed by atoms with E-state index in [1.165, 1.54) is 6.08 Å². The molecule has 1 rings (SSSR count). The monoisotopic (exact) mass is 231 g/mol. The first-order valence-electron chi connectivity index (χ1n) is 5.47. The fourth-order valence-electron chi connectivity index (χ4n) is 1.35. The Hall–Kier alpha value is -1.90. The predicted octanol–water partition coefficient (Wildman–Crippen LogP) is 2.43. The molecule has 0 aromatic heterocycles. The molecule has 1 aromatic rings. The largest absolute Gasteiger partial charge is 0.348 e. The maximum Gasteiger partial charge on any atom is 0.244 e. The highest BCUT2D eigenvalue weighted by molar-refractivity contribution is 5.93. The zero-order chi connectivity index (χ0) is 12.9. The van der Waals surface area contributed by atoms with Crippen molar-refractivity contribution in [3.63, 3.8) is 0 Å². The van der Waals surface area contributed by atoms with E-state index in [4.69, 9.17) is 0 Å². The maximum atomic E-state index is 11.5. The van der Waals surface area contributed by atoms with Gasteiger partial charge in [-0.25, -0.2) is 0 Å². The van der Waals surface area contributed by atoms with E-state index < -0.39 is 0 Å². The number of aldehydes is 1. The van der Waals surface area contributed by atoms with Gasteiger partial charge in [0.05, 0.1) is 0 Å². The second kappa shape index (κ2) is 5.43. The van der Waals surface area contributed by atoms with Crippen molar-refractivity contribution in [1.29, 1.82) is 0 Å². The van der Waals surface area contributed by atoms with E-state index in [0.29, 0.717) is 5.56 Å². The molecule has 0 fully saturated rings. The number of carbonyl (C=O) groups excluding carboxylic acids is 2. The van der Waals surface area contributed by atoms with Crippen molar-refractivity contribution in [2.45, 2.75) is 26.3 Å². The van der Waals surface area contributed by atoms with Gasteiger partial charge < -0.3 is 5.32 Å². The molecule has 1 aromatic carbocycles. The van der Waals surface area contributed by atoms with Crippen LogP contribution < -0.4 is 5.32 Å². The van der Waals surface area contributed by atoms with Gasteiger partial charge in [-0.2, -0.15) is 0 Å². The van der Waals surface area contributed by atoms with Crippen LogP contribution in [0.1, 0.15) is 36.7 Å². The first-order valence-corrected chi connectivity index (χ1v) is 5.47. The van der Waals surface area contributed by atoms with Gasteiger partial charge in [-0.05, 0) is 32.4 Å². The molecule has 0 atom stereocenters. The zero-order valence-electron chi connectivity index (χ0n) is 10.4. The molecule has 0 bridgehead atoms. The molecule has 3 nitrogen and oxygen atoms in total. The van der Waals surface area contributed by atoms with Crippen molar-refractivity contribution in [2.75, 3.05) is 0 Å². The fraction of sp³-hybridized carbons (Fsp3) is 0.286. The molecule has 0 unspecified atom stereocenters. The van der Waals surface area contributed by atoms with Gasteiger partial charge >= 0.3 is 0 Å². The van der Waals surface area contributed by atoms with Crippen LogP contribution in [-0.2, 0) is 4.79 Å². The van der Waals surface area contributed by atoms with Crippen molar-refractivity contribution < 1.29 is 9.59 Å². The number of hydrogen-bond donors (Lipinski definition) is 1.